The molecule has 0 saturated heterocycles. The smallest absolute Gasteiger partial charge is 0.123 e. The predicted molar refractivity (Wildman–Crippen MR) is 87.2 cm³/mol. The summed E-state index contributed by atoms with van der Waals surface area (Å²) in [7, 11) is 1.72. The molecule has 0 spiro atoms. The summed E-state index contributed by atoms with van der Waals surface area (Å²) >= 11 is 6.08. The van der Waals surface area contributed by atoms with E-state index in [-0.39, 0.29) is 6.04 Å². The van der Waals surface area contributed by atoms with Gasteiger partial charge in [-0.25, -0.2) is 0 Å². The van der Waals surface area contributed by atoms with Crippen LogP contribution < -0.4 is 10.1 Å². The molecule has 1 aliphatic rings. The highest BCUT2D eigenvalue weighted by molar-refractivity contribution is 6.30. The van der Waals surface area contributed by atoms with Crippen LogP contribution in [0.2, 0.25) is 5.02 Å². The van der Waals surface area contributed by atoms with Crippen molar-refractivity contribution >= 4 is 11.6 Å². The summed E-state index contributed by atoms with van der Waals surface area (Å²) in [5.41, 5.74) is 3.98. The fraction of sp³-hybridized carbons (Fsp3) is 0.333. The Kier molecular flexibility index (Phi) is 4.18. The minimum absolute atomic E-state index is 0.260. The largest absolute Gasteiger partial charge is 0.496 e. The molecule has 3 rings (SSSR count). The zero-order valence-electron chi connectivity index (χ0n) is 12.4. The molecule has 0 amide bonds. The van der Waals surface area contributed by atoms with Gasteiger partial charge in [0.15, 0.2) is 0 Å². The van der Waals surface area contributed by atoms with Crippen LogP contribution >= 0.6 is 11.6 Å². The monoisotopic (exact) mass is 301 g/mol. The number of ether oxygens (including phenoxy) is 1. The Hall–Kier alpha value is -1.51. The highest BCUT2D eigenvalue weighted by atomic mass is 35.5. The normalized spacial score (nSPS) is 18.3. The molecule has 0 saturated carbocycles. The van der Waals surface area contributed by atoms with E-state index in [0.29, 0.717) is 6.04 Å². The highest BCUT2D eigenvalue weighted by Crippen LogP contribution is 2.29. The van der Waals surface area contributed by atoms with Crippen molar-refractivity contribution in [2.75, 3.05) is 7.11 Å². The Labute approximate surface area is 131 Å². The van der Waals surface area contributed by atoms with Crippen LogP contribution in [0.1, 0.15) is 29.7 Å². The van der Waals surface area contributed by atoms with Gasteiger partial charge >= 0.3 is 0 Å². The molecule has 2 nitrogen and oxygen atoms in total. The second-order valence-electron chi connectivity index (χ2n) is 5.65. The summed E-state index contributed by atoms with van der Waals surface area (Å²) in [6, 6.07) is 15.1. The van der Waals surface area contributed by atoms with Gasteiger partial charge in [0.1, 0.15) is 5.75 Å². The van der Waals surface area contributed by atoms with Gasteiger partial charge in [0.2, 0.25) is 0 Å². The van der Waals surface area contributed by atoms with Crippen molar-refractivity contribution in [3.63, 3.8) is 0 Å². The molecule has 2 aromatic rings. The molecule has 0 bridgehead atoms. The van der Waals surface area contributed by atoms with Gasteiger partial charge in [-0.1, -0.05) is 35.9 Å². The third-order valence-corrected chi connectivity index (χ3v) is 4.43. The van der Waals surface area contributed by atoms with E-state index in [1.54, 1.807) is 7.11 Å². The molecular weight excluding hydrogens is 282 g/mol. The lowest BCUT2D eigenvalue weighted by molar-refractivity contribution is 0.394. The first-order valence-electron chi connectivity index (χ1n) is 7.33. The van der Waals surface area contributed by atoms with Crippen molar-refractivity contribution in [1.82, 2.24) is 5.32 Å². The Morgan fingerprint density at radius 1 is 1.14 bits per heavy atom. The molecule has 0 aromatic heterocycles. The van der Waals surface area contributed by atoms with Gasteiger partial charge < -0.3 is 10.1 Å². The minimum atomic E-state index is 0.260. The molecule has 0 radical (unpaired) electrons. The van der Waals surface area contributed by atoms with E-state index in [1.807, 2.05) is 18.2 Å². The molecule has 110 valence electrons. The lowest BCUT2D eigenvalue weighted by atomic mass is 10.1. The van der Waals surface area contributed by atoms with E-state index >= 15 is 0 Å². The summed E-state index contributed by atoms with van der Waals surface area (Å²) in [5, 5.41) is 4.54. The summed E-state index contributed by atoms with van der Waals surface area (Å²) in [4.78, 5) is 0. The standard InChI is InChI=1S/C18H20ClNO/c1-12(17-5-3-4-6-18(17)21-2)20-16-10-13-7-8-15(19)9-14(13)11-16/h3-9,12,16,20H,10-11H2,1-2H3/t12-,16?/m0/s1. The van der Waals surface area contributed by atoms with Gasteiger partial charge in [0.05, 0.1) is 7.11 Å². The first kappa shape index (κ1) is 14.4. The molecule has 1 aliphatic carbocycles. The fourth-order valence-corrected chi connectivity index (χ4v) is 3.37. The van der Waals surface area contributed by atoms with E-state index in [2.05, 4.69) is 36.5 Å². The molecule has 2 atom stereocenters. The number of hydrogen-bond acceptors (Lipinski definition) is 2. The Morgan fingerprint density at radius 2 is 1.90 bits per heavy atom. The van der Waals surface area contributed by atoms with Gasteiger partial charge in [0, 0.05) is 22.7 Å². The number of hydrogen-bond donors (Lipinski definition) is 1. The highest BCUT2D eigenvalue weighted by Gasteiger charge is 2.23. The van der Waals surface area contributed by atoms with Crippen molar-refractivity contribution in [1.29, 1.82) is 0 Å². The van der Waals surface area contributed by atoms with Crippen LogP contribution in [0.25, 0.3) is 0 Å². The van der Waals surface area contributed by atoms with Crippen LogP contribution in [0.3, 0.4) is 0 Å². The Bertz CT molecular complexity index is 641. The number of benzene rings is 2. The van der Waals surface area contributed by atoms with Crippen molar-refractivity contribution in [3.8, 4) is 5.75 Å². The van der Waals surface area contributed by atoms with Crippen molar-refractivity contribution in [2.45, 2.75) is 31.8 Å². The van der Waals surface area contributed by atoms with E-state index in [1.165, 1.54) is 16.7 Å². The maximum Gasteiger partial charge on any atom is 0.123 e. The van der Waals surface area contributed by atoms with Crippen molar-refractivity contribution < 1.29 is 4.74 Å². The molecule has 0 heterocycles. The van der Waals surface area contributed by atoms with Gasteiger partial charge in [-0.2, -0.15) is 0 Å². The quantitative estimate of drug-likeness (QED) is 0.915. The third-order valence-electron chi connectivity index (χ3n) is 4.19. The van der Waals surface area contributed by atoms with Gasteiger partial charge in [0.25, 0.3) is 0 Å². The number of para-hydroxylation sites is 1. The summed E-state index contributed by atoms with van der Waals surface area (Å²) < 4.78 is 5.45. The number of nitrogens with one attached hydrogen (secondary N) is 1. The van der Waals surface area contributed by atoms with Gasteiger partial charge in [-0.05, 0) is 49.1 Å². The number of halogens is 1. The maximum atomic E-state index is 6.08. The Morgan fingerprint density at radius 3 is 2.71 bits per heavy atom. The average Bonchev–Trinajstić information content (AvgIpc) is 2.88. The van der Waals surface area contributed by atoms with Crippen LogP contribution in [0, 0.1) is 0 Å². The number of methoxy groups -OCH3 is 1. The lowest BCUT2D eigenvalue weighted by Gasteiger charge is -2.21. The zero-order valence-corrected chi connectivity index (χ0v) is 13.2. The fourth-order valence-electron chi connectivity index (χ4n) is 3.17. The number of fused-ring (bicyclic) bond motifs is 1. The van der Waals surface area contributed by atoms with E-state index in [0.717, 1.165) is 23.6 Å². The van der Waals surface area contributed by atoms with Crippen LogP contribution in [0.4, 0.5) is 0 Å². The maximum absolute atomic E-state index is 6.08. The SMILES string of the molecule is COc1ccccc1[C@H](C)NC1Cc2ccc(Cl)cc2C1. The van der Waals surface area contributed by atoms with E-state index in [9.17, 15) is 0 Å². The van der Waals surface area contributed by atoms with Gasteiger partial charge in [-0.3, -0.25) is 0 Å². The van der Waals surface area contributed by atoms with Crippen LogP contribution in [0.15, 0.2) is 42.5 Å². The second-order valence-corrected chi connectivity index (χ2v) is 6.08. The molecule has 21 heavy (non-hydrogen) atoms. The second kappa shape index (κ2) is 6.08. The van der Waals surface area contributed by atoms with Crippen LogP contribution in [-0.2, 0) is 12.8 Å². The molecule has 0 aliphatic heterocycles. The van der Waals surface area contributed by atoms with Crippen LogP contribution in [0.5, 0.6) is 5.75 Å². The van der Waals surface area contributed by atoms with Gasteiger partial charge in [-0.15, -0.1) is 0 Å². The third kappa shape index (κ3) is 3.07. The van der Waals surface area contributed by atoms with Crippen molar-refractivity contribution in [3.05, 3.63) is 64.2 Å². The summed E-state index contributed by atoms with van der Waals surface area (Å²) in [6.45, 7) is 2.19. The molecule has 0 fully saturated rings. The predicted octanol–water partition coefficient (Wildman–Crippen LogP) is 4.17. The first-order chi connectivity index (χ1) is 10.2. The molecule has 1 unspecified atom stereocenters. The topological polar surface area (TPSA) is 21.3 Å². The zero-order chi connectivity index (χ0) is 14.8. The lowest BCUT2D eigenvalue weighted by Crippen LogP contribution is -2.32. The molecular formula is C18H20ClNO. The van der Waals surface area contributed by atoms with E-state index in [4.69, 9.17) is 16.3 Å². The van der Waals surface area contributed by atoms with Crippen LogP contribution in [-0.4, -0.2) is 13.2 Å². The molecule has 1 N–H and O–H groups in total. The average molecular weight is 302 g/mol. The Balaban J connectivity index is 1.71. The molecule has 2 aromatic carbocycles. The first-order valence-corrected chi connectivity index (χ1v) is 7.71. The van der Waals surface area contributed by atoms with E-state index < -0.39 is 0 Å². The summed E-state index contributed by atoms with van der Waals surface area (Å²) in [5.74, 6) is 0.941. The molecule has 3 heteroatoms. The number of rotatable bonds is 4. The summed E-state index contributed by atoms with van der Waals surface area (Å²) in [6.07, 6.45) is 2.10. The van der Waals surface area contributed by atoms with Crippen molar-refractivity contribution in [2.24, 2.45) is 0 Å². The minimum Gasteiger partial charge on any atom is -0.496 e.